The molecule has 3 nitrogen and oxygen atoms in total. The Hall–Kier alpha value is -1.81. The minimum absolute atomic E-state index is 0.281. The van der Waals surface area contributed by atoms with E-state index in [4.69, 9.17) is 0 Å². The Morgan fingerprint density at radius 3 is 2.50 bits per heavy atom. The summed E-state index contributed by atoms with van der Waals surface area (Å²) in [4.78, 5) is 0.281. The van der Waals surface area contributed by atoms with E-state index in [1.165, 1.54) is 0 Å². The Bertz CT molecular complexity index is 725. The summed E-state index contributed by atoms with van der Waals surface area (Å²) in [6, 6.07) is 6.84. The second kappa shape index (κ2) is 6.53. The first kappa shape index (κ1) is 16.6. The van der Waals surface area contributed by atoms with Crippen molar-refractivity contribution in [3.8, 4) is 0 Å². The van der Waals surface area contributed by atoms with Gasteiger partial charge in [-0.25, -0.2) is 8.42 Å². The Labute approximate surface area is 133 Å². The molecule has 118 valence electrons. The molecule has 0 saturated carbocycles. The molecule has 4 heteroatoms. The maximum Gasteiger partial charge on any atom is 0.261 e. The highest BCUT2D eigenvalue weighted by Gasteiger charge is 2.18. The lowest BCUT2D eigenvalue weighted by atomic mass is 9.83. The van der Waals surface area contributed by atoms with Gasteiger partial charge in [-0.15, -0.1) is 0 Å². The third kappa shape index (κ3) is 3.89. The summed E-state index contributed by atoms with van der Waals surface area (Å²) in [6.07, 6.45) is 5.57. The van der Waals surface area contributed by atoms with Gasteiger partial charge in [-0.1, -0.05) is 41.5 Å². The molecule has 0 bridgehead atoms. The van der Waals surface area contributed by atoms with Gasteiger partial charge in [-0.05, 0) is 57.2 Å². The van der Waals surface area contributed by atoms with Gasteiger partial charge in [0, 0.05) is 6.20 Å². The molecule has 1 atom stereocenters. The van der Waals surface area contributed by atoms with Gasteiger partial charge < -0.3 is 0 Å². The minimum Gasteiger partial charge on any atom is -0.286 e. The Balaban J connectivity index is 2.19. The van der Waals surface area contributed by atoms with Crippen molar-refractivity contribution in [2.24, 2.45) is 5.92 Å². The molecular weight excluding hydrogens is 294 g/mol. The number of hydrogen-bond acceptors (Lipinski definition) is 2. The van der Waals surface area contributed by atoms with Gasteiger partial charge in [-0.2, -0.15) is 0 Å². The van der Waals surface area contributed by atoms with E-state index in [1.54, 1.807) is 30.5 Å². The zero-order valence-electron chi connectivity index (χ0n) is 13.4. The first-order chi connectivity index (χ1) is 10.3. The fraction of sp³-hybridized carbons (Fsp3) is 0.333. The number of aryl methyl sites for hydroxylation is 1. The van der Waals surface area contributed by atoms with Crippen molar-refractivity contribution in [3.05, 3.63) is 65.4 Å². The molecule has 2 rings (SSSR count). The fourth-order valence-electron chi connectivity index (χ4n) is 2.44. The van der Waals surface area contributed by atoms with E-state index in [-0.39, 0.29) is 4.90 Å². The molecule has 1 unspecified atom stereocenters. The topological polar surface area (TPSA) is 46.2 Å². The van der Waals surface area contributed by atoms with Crippen LogP contribution >= 0.6 is 0 Å². The van der Waals surface area contributed by atoms with Crippen LogP contribution in [0.5, 0.6) is 0 Å². The van der Waals surface area contributed by atoms with Crippen LogP contribution in [0.25, 0.3) is 0 Å². The van der Waals surface area contributed by atoms with Gasteiger partial charge in [-0.3, -0.25) is 4.72 Å². The lowest BCUT2D eigenvalue weighted by Crippen LogP contribution is -2.20. The maximum atomic E-state index is 12.3. The van der Waals surface area contributed by atoms with Gasteiger partial charge in [0.1, 0.15) is 0 Å². The van der Waals surface area contributed by atoms with Gasteiger partial charge in [0.2, 0.25) is 0 Å². The monoisotopic (exact) mass is 317 g/mol. The summed E-state index contributed by atoms with van der Waals surface area (Å²) >= 11 is 0. The van der Waals surface area contributed by atoms with Gasteiger partial charge in [0.05, 0.1) is 4.90 Å². The number of allylic oxidation sites excluding steroid dienone is 4. The summed E-state index contributed by atoms with van der Waals surface area (Å²) in [7, 11) is -3.51. The smallest absolute Gasteiger partial charge is 0.261 e. The number of rotatable bonds is 4. The molecule has 1 aliphatic rings. The summed E-state index contributed by atoms with van der Waals surface area (Å²) in [5, 5.41) is 0. The molecule has 22 heavy (non-hydrogen) atoms. The highest BCUT2D eigenvalue weighted by Crippen LogP contribution is 2.31. The largest absolute Gasteiger partial charge is 0.286 e. The van der Waals surface area contributed by atoms with E-state index in [0.717, 1.165) is 35.1 Å². The van der Waals surface area contributed by atoms with E-state index in [2.05, 4.69) is 17.4 Å². The van der Waals surface area contributed by atoms with Crippen LogP contribution in [0.3, 0.4) is 0 Å². The molecule has 0 aromatic heterocycles. The first-order valence-corrected chi connectivity index (χ1v) is 8.88. The van der Waals surface area contributed by atoms with Crippen molar-refractivity contribution < 1.29 is 8.42 Å². The predicted octanol–water partition coefficient (Wildman–Crippen LogP) is 4.09. The number of hydrogen-bond donors (Lipinski definition) is 1. The summed E-state index contributed by atoms with van der Waals surface area (Å²) in [5.74, 6) is 0.388. The zero-order chi connectivity index (χ0) is 16.3. The number of benzene rings is 1. The van der Waals surface area contributed by atoms with E-state index in [9.17, 15) is 8.42 Å². The summed E-state index contributed by atoms with van der Waals surface area (Å²) < 4.78 is 27.2. The lowest BCUT2D eigenvalue weighted by Gasteiger charge is -2.23. The van der Waals surface area contributed by atoms with Crippen molar-refractivity contribution in [1.29, 1.82) is 0 Å². The van der Waals surface area contributed by atoms with Gasteiger partial charge in [0.25, 0.3) is 10.0 Å². The molecule has 1 N–H and O–H groups in total. The normalized spacial score (nSPS) is 20.6. The second-order valence-electron chi connectivity index (χ2n) is 5.97. The first-order valence-electron chi connectivity index (χ1n) is 7.40. The quantitative estimate of drug-likeness (QED) is 0.850. The fourth-order valence-corrected chi connectivity index (χ4v) is 3.37. The standard InChI is InChI=1S/C18H23NO2S/c1-13(2)16-8-7-15(4)17(11-16)12-19-22(20,21)18-9-5-14(3)6-10-18/h5-7,9-10,12,16,19H,1,8,11H2,2-4H3/b17-12+. The van der Waals surface area contributed by atoms with E-state index in [1.807, 2.05) is 20.8 Å². The highest BCUT2D eigenvalue weighted by atomic mass is 32.2. The molecule has 1 aromatic carbocycles. The third-order valence-corrected chi connectivity index (χ3v) is 5.42. The lowest BCUT2D eigenvalue weighted by molar-refractivity contribution is 0.586. The Morgan fingerprint density at radius 1 is 1.27 bits per heavy atom. The van der Waals surface area contributed by atoms with E-state index in [0.29, 0.717) is 5.92 Å². The number of nitrogens with one attached hydrogen (secondary N) is 1. The van der Waals surface area contributed by atoms with Crippen molar-refractivity contribution in [3.63, 3.8) is 0 Å². The molecule has 1 aromatic rings. The highest BCUT2D eigenvalue weighted by molar-refractivity contribution is 7.89. The second-order valence-corrected chi connectivity index (χ2v) is 7.69. The SMILES string of the molecule is C=C(C)C1CC=C(C)/C(=C/NS(=O)(=O)c2ccc(C)cc2)C1. The summed E-state index contributed by atoms with van der Waals surface area (Å²) in [5.41, 5.74) is 4.32. The van der Waals surface area contributed by atoms with Crippen LogP contribution in [0.4, 0.5) is 0 Å². The molecule has 0 spiro atoms. The van der Waals surface area contributed by atoms with Crippen LogP contribution in [0.15, 0.2) is 64.7 Å². The summed E-state index contributed by atoms with van der Waals surface area (Å²) in [6.45, 7) is 9.97. The van der Waals surface area contributed by atoms with Crippen molar-refractivity contribution in [1.82, 2.24) is 4.72 Å². The molecule has 0 aliphatic heterocycles. The molecule has 0 fully saturated rings. The predicted molar refractivity (Wildman–Crippen MR) is 90.9 cm³/mol. The molecule has 0 radical (unpaired) electrons. The van der Waals surface area contributed by atoms with E-state index >= 15 is 0 Å². The average Bonchev–Trinajstić information content (AvgIpc) is 2.46. The molecule has 0 amide bonds. The molecule has 0 heterocycles. The van der Waals surface area contributed by atoms with Crippen LogP contribution in [0, 0.1) is 12.8 Å². The van der Waals surface area contributed by atoms with Crippen molar-refractivity contribution in [2.45, 2.75) is 38.5 Å². The van der Waals surface area contributed by atoms with Crippen LogP contribution < -0.4 is 4.72 Å². The van der Waals surface area contributed by atoms with Crippen molar-refractivity contribution >= 4 is 10.0 Å². The van der Waals surface area contributed by atoms with Crippen LogP contribution in [0.2, 0.25) is 0 Å². The molecule has 0 saturated heterocycles. The van der Waals surface area contributed by atoms with E-state index < -0.39 is 10.0 Å². The minimum atomic E-state index is -3.51. The maximum absolute atomic E-state index is 12.3. The van der Waals surface area contributed by atoms with Crippen LogP contribution in [-0.4, -0.2) is 8.42 Å². The van der Waals surface area contributed by atoms with Gasteiger partial charge in [0.15, 0.2) is 0 Å². The van der Waals surface area contributed by atoms with Crippen LogP contribution in [-0.2, 0) is 10.0 Å². The number of sulfonamides is 1. The van der Waals surface area contributed by atoms with Crippen LogP contribution in [0.1, 0.15) is 32.3 Å². The Morgan fingerprint density at radius 2 is 1.91 bits per heavy atom. The average molecular weight is 317 g/mol. The molecular formula is C18H23NO2S. The molecule has 1 aliphatic carbocycles. The van der Waals surface area contributed by atoms with Gasteiger partial charge >= 0.3 is 0 Å². The van der Waals surface area contributed by atoms with Crippen molar-refractivity contribution in [2.75, 3.05) is 0 Å². The zero-order valence-corrected chi connectivity index (χ0v) is 14.2. The third-order valence-electron chi connectivity index (χ3n) is 4.10. The Kier molecular flexibility index (Phi) is 4.91.